The summed E-state index contributed by atoms with van der Waals surface area (Å²) in [5, 5.41) is 0. The fourth-order valence-corrected chi connectivity index (χ4v) is 3.79. The summed E-state index contributed by atoms with van der Waals surface area (Å²) in [7, 11) is 3.27. The summed E-state index contributed by atoms with van der Waals surface area (Å²) in [6.45, 7) is 7.77. The third-order valence-electron chi connectivity index (χ3n) is 5.59. The van der Waals surface area contributed by atoms with Crippen LogP contribution in [0.25, 0.3) is 0 Å². The second kappa shape index (κ2) is 11.0. The summed E-state index contributed by atoms with van der Waals surface area (Å²) in [6.07, 6.45) is 0.530. The maximum Gasteiger partial charge on any atom is 0.355 e. The smallest absolute Gasteiger partial charge is 0.355 e. The third-order valence-corrected chi connectivity index (χ3v) is 5.59. The van der Waals surface area contributed by atoms with Gasteiger partial charge >= 0.3 is 5.97 Å². The van der Waals surface area contributed by atoms with Crippen LogP contribution in [0.15, 0.2) is 24.3 Å². The number of nitrogens with zero attached hydrogens (tertiary/aromatic N) is 2. The van der Waals surface area contributed by atoms with Crippen LogP contribution in [0.1, 0.15) is 62.7 Å². The van der Waals surface area contributed by atoms with Crippen molar-refractivity contribution in [1.82, 2.24) is 9.47 Å². The van der Waals surface area contributed by atoms with Crippen LogP contribution in [0.4, 0.5) is 4.39 Å². The third kappa shape index (κ3) is 5.24. The van der Waals surface area contributed by atoms with E-state index in [1.807, 2.05) is 0 Å². The largest absolute Gasteiger partial charge is 0.461 e. The molecule has 1 amide bonds. The molecular formula is C24H31FN2O5. The van der Waals surface area contributed by atoms with Gasteiger partial charge in [0.2, 0.25) is 0 Å². The van der Waals surface area contributed by atoms with E-state index in [0.29, 0.717) is 35.5 Å². The van der Waals surface area contributed by atoms with Gasteiger partial charge in [0, 0.05) is 44.1 Å². The molecule has 0 saturated carbocycles. The molecule has 32 heavy (non-hydrogen) atoms. The van der Waals surface area contributed by atoms with E-state index in [1.54, 1.807) is 46.4 Å². The minimum absolute atomic E-state index is 0.224. The van der Waals surface area contributed by atoms with Gasteiger partial charge in [-0.05, 0) is 63.9 Å². The molecule has 0 aliphatic heterocycles. The zero-order valence-electron chi connectivity index (χ0n) is 19.5. The molecule has 0 bridgehead atoms. The minimum atomic E-state index is -0.806. The van der Waals surface area contributed by atoms with Crippen molar-refractivity contribution in [1.29, 1.82) is 0 Å². The lowest BCUT2D eigenvalue weighted by molar-refractivity contribution is 0.0513. The Bertz CT molecular complexity index is 981. The van der Waals surface area contributed by atoms with Crippen LogP contribution < -0.4 is 0 Å². The number of Topliss-reactive ketones (excluding diaryl/α,β-unsaturated/α-hetero) is 1. The predicted molar refractivity (Wildman–Crippen MR) is 119 cm³/mol. The Morgan fingerprint density at radius 2 is 1.78 bits per heavy atom. The first kappa shape index (κ1) is 25.3. The molecule has 0 saturated heterocycles. The average molecular weight is 447 g/mol. The van der Waals surface area contributed by atoms with Crippen LogP contribution in [0.3, 0.4) is 0 Å². The Kier molecular flexibility index (Phi) is 8.72. The molecule has 1 unspecified atom stereocenters. The number of carbonyl (C=O) groups is 3. The molecule has 0 spiro atoms. The highest BCUT2D eigenvalue weighted by molar-refractivity contribution is 6.07. The quantitative estimate of drug-likeness (QED) is 0.316. The van der Waals surface area contributed by atoms with E-state index in [2.05, 4.69) is 0 Å². The van der Waals surface area contributed by atoms with Gasteiger partial charge in [-0.1, -0.05) is 0 Å². The summed E-state index contributed by atoms with van der Waals surface area (Å²) < 4.78 is 25.2. The van der Waals surface area contributed by atoms with E-state index in [9.17, 15) is 18.8 Å². The molecule has 8 heteroatoms. The van der Waals surface area contributed by atoms with Gasteiger partial charge in [0.1, 0.15) is 11.5 Å². The van der Waals surface area contributed by atoms with E-state index >= 15 is 0 Å². The standard InChI is InChI=1S/C24H31FN2O5/c1-7-32-24(30)21-15(2)20(16(3)26(21)5)22(28)17(4)27(13-8-14-31-6)23(29)18-9-11-19(25)12-10-18/h9-12,17H,7-8,13-14H2,1-6H3. The zero-order valence-corrected chi connectivity index (χ0v) is 19.5. The SMILES string of the molecule is CCOC(=O)c1c(C)c(C(=O)C(C)N(CCCOC)C(=O)c2ccc(F)cc2)c(C)n1C. The number of hydrogen-bond donors (Lipinski definition) is 0. The molecule has 2 rings (SSSR count). The second-order valence-corrected chi connectivity index (χ2v) is 7.61. The van der Waals surface area contributed by atoms with Crippen LogP contribution in [-0.4, -0.2) is 60.0 Å². The van der Waals surface area contributed by atoms with Gasteiger partial charge in [-0.2, -0.15) is 0 Å². The fraction of sp³-hybridized carbons (Fsp3) is 0.458. The van der Waals surface area contributed by atoms with Crippen molar-refractivity contribution in [3.63, 3.8) is 0 Å². The lowest BCUT2D eigenvalue weighted by atomic mass is 9.99. The molecule has 0 aliphatic carbocycles. The van der Waals surface area contributed by atoms with Gasteiger partial charge in [-0.3, -0.25) is 9.59 Å². The Labute approximate surface area is 188 Å². The number of ketones is 1. The maximum absolute atomic E-state index is 13.5. The number of aromatic nitrogens is 1. The first-order valence-corrected chi connectivity index (χ1v) is 10.6. The first-order chi connectivity index (χ1) is 15.1. The average Bonchev–Trinajstić information content (AvgIpc) is 2.98. The van der Waals surface area contributed by atoms with Crippen molar-refractivity contribution in [2.45, 2.75) is 40.2 Å². The summed E-state index contributed by atoms with van der Waals surface area (Å²) in [6, 6.07) is 4.42. The number of halogens is 1. The number of amides is 1. The van der Waals surface area contributed by atoms with Crippen molar-refractivity contribution in [3.05, 3.63) is 58.2 Å². The molecule has 0 radical (unpaired) electrons. The minimum Gasteiger partial charge on any atom is -0.461 e. The second-order valence-electron chi connectivity index (χ2n) is 7.61. The van der Waals surface area contributed by atoms with E-state index in [0.717, 1.165) is 0 Å². The number of methoxy groups -OCH3 is 1. The van der Waals surface area contributed by atoms with Crippen molar-refractivity contribution >= 4 is 17.7 Å². The van der Waals surface area contributed by atoms with Gasteiger partial charge in [0.25, 0.3) is 5.91 Å². The molecule has 1 atom stereocenters. The summed E-state index contributed by atoms with van der Waals surface area (Å²) >= 11 is 0. The highest BCUT2D eigenvalue weighted by Gasteiger charge is 2.32. The Morgan fingerprint density at radius 1 is 1.16 bits per heavy atom. The van der Waals surface area contributed by atoms with E-state index in [4.69, 9.17) is 9.47 Å². The van der Waals surface area contributed by atoms with Gasteiger partial charge in [-0.15, -0.1) is 0 Å². The number of esters is 1. The number of rotatable bonds is 10. The molecule has 1 aromatic heterocycles. The monoisotopic (exact) mass is 446 g/mol. The predicted octanol–water partition coefficient (Wildman–Crippen LogP) is 3.71. The number of carbonyl (C=O) groups excluding carboxylic acids is 3. The van der Waals surface area contributed by atoms with Gasteiger partial charge < -0.3 is 18.9 Å². The Hall–Kier alpha value is -3.00. The van der Waals surface area contributed by atoms with Gasteiger partial charge in [0.15, 0.2) is 5.78 Å². The van der Waals surface area contributed by atoms with Crippen molar-refractivity contribution in [3.8, 4) is 0 Å². The Morgan fingerprint density at radius 3 is 2.34 bits per heavy atom. The van der Waals surface area contributed by atoms with Crippen LogP contribution in [0, 0.1) is 19.7 Å². The van der Waals surface area contributed by atoms with Crippen molar-refractivity contribution in [2.75, 3.05) is 26.9 Å². The molecule has 174 valence electrons. The van der Waals surface area contributed by atoms with Crippen LogP contribution in [0.5, 0.6) is 0 Å². The van der Waals surface area contributed by atoms with Crippen LogP contribution >= 0.6 is 0 Å². The van der Waals surface area contributed by atoms with Gasteiger partial charge in [-0.25, -0.2) is 9.18 Å². The lowest BCUT2D eigenvalue weighted by Crippen LogP contribution is -2.44. The number of ether oxygens (including phenoxy) is 2. The first-order valence-electron chi connectivity index (χ1n) is 10.6. The van der Waals surface area contributed by atoms with Gasteiger partial charge in [0.05, 0.1) is 12.6 Å². The Balaban J connectivity index is 2.42. The van der Waals surface area contributed by atoms with Crippen LogP contribution in [-0.2, 0) is 16.5 Å². The van der Waals surface area contributed by atoms with Crippen molar-refractivity contribution < 1.29 is 28.2 Å². The molecule has 0 aliphatic rings. The van der Waals surface area contributed by atoms with E-state index < -0.39 is 17.8 Å². The number of hydrogen-bond acceptors (Lipinski definition) is 5. The molecule has 0 N–H and O–H groups in total. The summed E-state index contributed by atoms with van der Waals surface area (Å²) in [4.78, 5) is 40.6. The zero-order chi connectivity index (χ0) is 24.0. The molecule has 0 fully saturated rings. The topological polar surface area (TPSA) is 77.8 Å². The highest BCUT2D eigenvalue weighted by atomic mass is 19.1. The lowest BCUT2D eigenvalue weighted by Gasteiger charge is -2.29. The molecular weight excluding hydrogens is 415 g/mol. The maximum atomic E-state index is 13.5. The van der Waals surface area contributed by atoms with Crippen LogP contribution in [0.2, 0.25) is 0 Å². The van der Waals surface area contributed by atoms with Crippen molar-refractivity contribution in [2.24, 2.45) is 7.05 Å². The highest BCUT2D eigenvalue weighted by Crippen LogP contribution is 2.25. The van der Waals surface area contributed by atoms with E-state index in [-0.39, 0.29) is 30.4 Å². The molecule has 1 heterocycles. The fourth-order valence-electron chi connectivity index (χ4n) is 3.79. The number of benzene rings is 1. The molecule has 2 aromatic rings. The summed E-state index contributed by atoms with van der Waals surface area (Å²) in [5.41, 5.74) is 2.14. The molecule has 7 nitrogen and oxygen atoms in total. The normalized spacial score (nSPS) is 11.8. The molecule has 1 aromatic carbocycles. The summed E-state index contributed by atoms with van der Waals surface area (Å²) in [5.74, 6) is -1.60. The van der Waals surface area contributed by atoms with E-state index in [1.165, 1.54) is 29.2 Å².